The second-order valence-electron chi connectivity index (χ2n) is 10.2. The molecule has 1 amide bonds. The summed E-state index contributed by atoms with van der Waals surface area (Å²) in [6.45, 7) is 9.29. The number of hydrogen-bond donors (Lipinski definition) is 4. The van der Waals surface area contributed by atoms with E-state index in [1.54, 1.807) is 0 Å². The van der Waals surface area contributed by atoms with E-state index in [-0.39, 0.29) is 17.6 Å². The lowest BCUT2D eigenvalue weighted by Gasteiger charge is -2.40. The summed E-state index contributed by atoms with van der Waals surface area (Å²) < 4.78 is -0.842. The Hall–Kier alpha value is -1.54. The molecule has 5 atom stereocenters. The maximum atomic E-state index is 12.0. The molecule has 0 radical (unpaired) electrons. The Balaban J connectivity index is 5.16. The summed E-state index contributed by atoms with van der Waals surface area (Å²) in [6.07, 6.45) is 15.6. The van der Waals surface area contributed by atoms with Gasteiger partial charge in [-0.3, -0.25) is 4.79 Å². The van der Waals surface area contributed by atoms with Crippen molar-refractivity contribution in [2.75, 3.05) is 0 Å². The highest BCUT2D eigenvalue weighted by Crippen LogP contribution is 2.41. The number of thioether (sulfide) groups is 1. The SMILES string of the molecule is CCCCCCCCCCCC[C@@H](C)[C@@H](S[C@@](C)(CC)C(NC(C)=O)C(=O)O)[C@@H](O)CC=CC(=O)O. The normalized spacial score (nSPS) is 16.7. The van der Waals surface area contributed by atoms with Crippen LogP contribution < -0.4 is 5.32 Å². The zero-order valence-electron chi connectivity index (χ0n) is 23.1. The Labute approximate surface area is 222 Å². The molecule has 4 N–H and O–H groups in total. The van der Waals surface area contributed by atoms with Crippen LogP contribution in [0.3, 0.4) is 0 Å². The van der Waals surface area contributed by atoms with Crippen LogP contribution in [0.4, 0.5) is 0 Å². The molecule has 8 heteroatoms. The minimum absolute atomic E-state index is 0.0925. The molecule has 36 heavy (non-hydrogen) atoms. The third-order valence-electron chi connectivity index (χ3n) is 6.90. The number of carboxylic acids is 2. The van der Waals surface area contributed by atoms with E-state index in [1.807, 2.05) is 13.8 Å². The number of aliphatic carboxylic acids is 2. The van der Waals surface area contributed by atoms with Crippen LogP contribution in [0.25, 0.3) is 0 Å². The molecule has 0 heterocycles. The number of amides is 1. The summed E-state index contributed by atoms with van der Waals surface area (Å²) >= 11 is 1.40. The monoisotopic (exact) mass is 529 g/mol. The van der Waals surface area contributed by atoms with E-state index in [4.69, 9.17) is 5.11 Å². The van der Waals surface area contributed by atoms with Crippen LogP contribution in [0.15, 0.2) is 12.2 Å². The molecule has 1 unspecified atom stereocenters. The van der Waals surface area contributed by atoms with Crippen LogP contribution in [0.5, 0.6) is 0 Å². The maximum Gasteiger partial charge on any atom is 0.327 e. The average Bonchev–Trinajstić information content (AvgIpc) is 2.81. The van der Waals surface area contributed by atoms with Crippen molar-refractivity contribution >= 4 is 29.6 Å². The fourth-order valence-electron chi connectivity index (χ4n) is 4.48. The third kappa shape index (κ3) is 14.9. The van der Waals surface area contributed by atoms with E-state index in [2.05, 4.69) is 19.2 Å². The van der Waals surface area contributed by atoms with Gasteiger partial charge < -0.3 is 20.6 Å². The van der Waals surface area contributed by atoms with Gasteiger partial charge in [0.05, 0.1) is 6.10 Å². The van der Waals surface area contributed by atoms with Crippen molar-refractivity contribution in [2.45, 2.75) is 140 Å². The third-order valence-corrected chi connectivity index (χ3v) is 9.02. The number of carbonyl (C=O) groups is 3. The predicted molar refractivity (Wildman–Crippen MR) is 148 cm³/mol. The number of carbonyl (C=O) groups excluding carboxylic acids is 1. The van der Waals surface area contributed by atoms with Gasteiger partial charge >= 0.3 is 11.9 Å². The van der Waals surface area contributed by atoms with Crippen molar-refractivity contribution in [1.82, 2.24) is 5.32 Å². The molecule has 0 aromatic rings. The number of hydrogen-bond acceptors (Lipinski definition) is 5. The summed E-state index contributed by atoms with van der Waals surface area (Å²) in [7, 11) is 0. The van der Waals surface area contributed by atoms with E-state index in [0.29, 0.717) is 6.42 Å². The van der Waals surface area contributed by atoms with Crippen LogP contribution >= 0.6 is 11.8 Å². The van der Waals surface area contributed by atoms with Crippen molar-refractivity contribution in [3.05, 3.63) is 12.2 Å². The van der Waals surface area contributed by atoms with Gasteiger partial charge in [0.2, 0.25) is 5.91 Å². The number of aliphatic hydroxyl groups excluding tert-OH is 1. The van der Waals surface area contributed by atoms with E-state index in [1.165, 1.54) is 76.1 Å². The van der Waals surface area contributed by atoms with Gasteiger partial charge in [-0.2, -0.15) is 0 Å². The molecule has 0 bridgehead atoms. The molecular weight excluding hydrogens is 478 g/mol. The number of nitrogens with one attached hydrogen (secondary N) is 1. The summed E-state index contributed by atoms with van der Waals surface area (Å²) in [6, 6.07) is -1.10. The summed E-state index contributed by atoms with van der Waals surface area (Å²) in [5.74, 6) is -2.50. The highest BCUT2D eigenvalue weighted by atomic mass is 32.2. The zero-order valence-corrected chi connectivity index (χ0v) is 23.9. The molecule has 0 aromatic heterocycles. The minimum Gasteiger partial charge on any atom is -0.480 e. The van der Waals surface area contributed by atoms with Gasteiger partial charge in [0.1, 0.15) is 6.04 Å². The molecule has 0 aliphatic heterocycles. The molecule has 0 rings (SSSR count). The van der Waals surface area contributed by atoms with Crippen molar-refractivity contribution in [2.24, 2.45) is 5.92 Å². The van der Waals surface area contributed by atoms with Crippen LogP contribution in [-0.4, -0.2) is 55.3 Å². The van der Waals surface area contributed by atoms with Crippen LogP contribution in [0.1, 0.15) is 118 Å². The molecule has 0 saturated carbocycles. The van der Waals surface area contributed by atoms with Crippen LogP contribution in [-0.2, 0) is 14.4 Å². The highest BCUT2D eigenvalue weighted by molar-refractivity contribution is 8.01. The Bertz CT molecular complexity index is 670. The number of carboxylic acid groups (broad SMARTS) is 2. The molecule has 0 aliphatic carbocycles. The van der Waals surface area contributed by atoms with Gasteiger partial charge in [0.15, 0.2) is 0 Å². The van der Waals surface area contributed by atoms with Crippen LogP contribution in [0, 0.1) is 5.92 Å². The van der Waals surface area contributed by atoms with Gasteiger partial charge in [0, 0.05) is 23.0 Å². The first kappa shape index (κ1) is 34.5. The summed E-state index contributed by atoms with van der Waals surface area (Å²) in [5, 5.41) is 32.0. The quantitative estimate of drug-likeness (QED) is 0.0974. The number of rotatable bonds is 22. The standard InChI is InChI=1S/C28H51NO6S/c1-6-8-9-10-11-12-13-14-15-16-18-21(3)25(23(31)19-17-20-24(32)33)36-28(5,7-2)26(27(34)35)29-22(4)30/h17,20-21,23,25-26,31H,6-16,18-19H2,1-5H3,(H,29,30)(H,32,33)(H,34,35)/t21-,23+,25-,26?,28+/m1/s1. The number of aliphatic hydroxyl groups is 1. The molecule has 0 saturated heterocycles. The molecule has 210 valence electrons. The minimum atomic E-state index is -1.11. The molecule has 0 aliphatic rings. The van der Waals surface area contributed by atoms with Gasteiger partial charge in [-0.25, -0.2) is 9.59 Å². The van der Waals surface area contributed by atoms with Crippen molar-refractivity contribution < 1.29 is 29.7 Å². The first-order valence-electron chi connectivity index (χ1n) is 13.7. The molecule has 0 fully saturated rings. The second kappa shape index (κ2) is 19.6. The van der Waals surface area contributed by atoms with Gasteiger partial charge in [-0.05, 0) is 32.1 Å². The summed E-state index contributed by atoms with van der Waals surface area (Å²) in [4.78, 5) is 34.6. The lowest BCUT2D eigenvalue weighted by atomic mass is 9.94. The first-order valence-corrected chi connectivity index (χ1v) is 14.6. The first-order chi connectivity index (χ1) is 17.0. The van der Waals surface area contributed by atoms with Crippen molar-refractivity contribution in [3.63, 3.8) is 0 Å². The Morgan fingerprint density at radius 1 is 0.944 bits per heavy atom. The van der Waals surface area contributed by atoms with E-state index >= 15 is 0 Å². The molecule has 0 aromatic carbocycles. The zero-order chi connectivity index (χ0) is 27.6. The summed E-state index contributed by atoms with van der Waals surface area (Å²) in [5.41, 5.74) is 0. The van der Waals surface area contributed by atoms with Gasteiger partial charge in [0.25, 0.3) is 0 Å². The Morgan fingerprint density at radius 2 is 1.47 bits per heavy atom. The number of unbranched alkanes of at least 4 members (excludes halogenated alkanes) is 9. The maximum absolute atomic E-state index is 12.0. The Morgan fingerprint density at radius 3 is 1.92 bits per heavy atom. The smallest absolute Gasteiger partial charge is 0.327 e. The second-order valence-corrected chi connectivity index (χ2v) is 11.9. The average molecular weight is 530 g/mol. The van der Waals surface area contributed by atoms with E-state index in [9.17, 15) is 24.6 Å². The lowest BCUT2D eigenvalue weighted by Crippen LogP contribution is -2.54. The van der Waals surface area contributed by atoms with Crippen molar-refractivity contribution in [1.29, 1.82) is 0 Å². The van der Waals surface area contributed by atoms with Crippen molar-refractivity contribution in [3.8, 4) is 0 Å². The topological polar surface area (TPSA) is 124 Å². The van der Waals surface area contributed by atoms with Crippen LogP contribution in [0.2, 0.25) is 0 Å². The van der Waals surface area contributed by atoms with Gasteiger partial charge in [-0.15, -0.1) is 11.8 Å². The lowest BCUT2D eigenvalue weighted by molar-refractivity contribution is -0.142. The van der Waals surface area contributed by atoms with Gasteiger partial charge in [-0.1, -0.05) is 91.1 Å². The largest absolute Gasteiger partial charge is 0.480 e. The molecular formula is C28H51NO6S. The predicted octanol–water partition coefficient (Wildman–Crippen LogP) is 6.19. The van der Waals surface area contributed by atoms with E-state index in [0.717, 1.165) is 25.3 Å². The molecule has 7 nitrogen and oxygen atoms in total. The highest BCUT2D eigenvalue weighted by Gasteiger charge is 2.43. The fraction of sp³-hybridized carbons (Fsp3) is 0.821. The Kier molecular flexibility index (Phi) is 18.7. The van der Waals surface area contributed by atoms with E-state index < -0.39 is 34.7 Å². The molecule has 0 spiro atoms. The fourth-order valence-corrected chi connectivity index (χ4v) is 6.20.